The fourth-order valence-corrected chi connectivity index (χ4v) is 5.88. The van der Waals surface area contributed by atoms with Crippen LogP contribution in [0.25, 0.3) is 22.6 Å². The van der Waals surface area contributed by atoms with E-state index in [1.54, 1.807) is 66.4 Å². The lowest BCUT2D eigenvalue weighted by Crippen LogP contribution is -2.24. The number of halogens is 1. The largest absolute Gasteiger partial charge is 0.497 e. The van der Waals surface area contributed by atoms with Crippen LogP contribution < -0.4 is 19.7 Å². The molecule has 1 N–H and O–H groups in total. The van der Waals surface area contributed by atoms with Gasteiger partial charge in [0.05, 0.1) is 38.0 Å². The number of imidazole rings is 1. The highest BCUT2D eigenvalue weighted by atomic mass is 35.5. The molecule has 1 amide bonds. The number of benzene rings is 4. The highest BCUT2D eigenvalue weighted by Gasteiger charge is 2.19. The summed E-state index contributed by atoms with van der Waals surface area (Å²) in [5.74, 6) is 2.02. The van der Waals surface area contributed by atoms with Crippen LogP contribution in [0.4, 0.5) is 11.5 Å². The molecule has 0 aliphatic carbocycles. The molecule has 0 aliphatic rings. The summed E-state index contributed by atoms with van der Waals surface area (Å²) in [6.45, 7) is 3.14. The number of aromatic nitrogens is 6. The third-order valence-electron chi connectivity index (χ3n) is 8.33. The molecular formula is C38H33ClN8O3. The molecule has 250 valence electrons. The van der Waals surface area contributed by atoms with Crippen molar-refractivity contribution in [1.29, 1.82) is 0 Å². The molecular weight excluding hydrogens is 652 g/mol. The molecule has 11 nitrogen and oxygen atoms in total. The fourth-order valence-electron chi connectivity index (χ4n) is 5.69. The van der Waals surface area contributed by atoms with E-state index in [0.29, 0.717) is 40.8 Å². The molecule has 3 aromatic heterocycles. The molecule has 0 aliphatic heterocycles. The molecule has 12 heteroatoms. The Morgan fingerprint density at radius 2 is 1.54 bits per heavy atom. The Balaban J connectivity index is 1.19. The maximum absolute atomic E-state index is 12.9. The third kappa shape index (κ3) is 6.85. The van der Waals surface area contributed by atoms with E-state index in [0.717, 1.165) is 45.1 Å². The van der Waals surface area contributed by atoms with Crippen LogP contribution in [0.5, 0.6) is 11.5 Å². The second-order valence-electron chi connectivity index (χ2n) is 11.7. The van der Waals surface area contributed by atoms with Crippen LogP contribution in [0.15, 0.2) is 116 Å². The number of hydrogen-bond donors (Lipinski definition) is 1. The van der Waals surface area contributed by atoms with Crippen LogP contribution in [-0.4, -0.2) is 49.5 Å². The van der Waals surface area contributed by atoms with Crippen LogP contribution in [-0.2, 0) is 13.1 Å². The zero-order valence-electron chi connectivity index (χ0n) is 27.6. The van der Waals surface area contributed by atoms with E-state index in [-0.39, 0.29) is 5.91 Å². The molecule has 0 spiro atoms. The highest BCUT2D eigenvalue weighted by Crippen LogP contribution is 2.29. The molecule has 7 aromatic rings. The van der Waals surface area contributed by atoms with Crippen LogP contribution in [0.1, 0.15) is 27.0 Å². The molecule has 0 saturated heterocycles. The number of methoxy groups -OCH3 is 2. The molecule has 3 heterocycles. The van der Waals surface area contributed by atoms with E-state index in [1.165, 1.54) is 0 Å². The number of rotatable bonds is 11. The lowest BCUT2D eigenvalue weighted by molar-refractivity contribution is 0.102. The van der Waals surface area contributed by atoms with Crippen LogP contribution in [0.2, 0.25) is 5.02 Å². The summed E-state index contributed by atoms with van der Waals surface area (Å²) in [5.41, 5.74) is 7.26. The normalized spacial score (nSPS) is 11.0. The Kier molecular flexibility index (Phi) is 9.13. The Morgan fingerprint density at radius 3 is 2.20 bits per heavy atom. The maximum atomic E-state index is 12.9. The first-order valence-electron chi connectivity index (χ1n) is 15.8. The first kappa shape index (κ1) is 32.4. The summed E-state index contributed by atoms with van der Waals surface area (Å²) in [6.07, 6.45) is 7.02. The fraction of sp³-hybridized carbons (Fsp3) is 0.132. The minimum Gasteiger partial charge on any atom is -0.497 e. The van der Waals surface area contributed by atoms with Gasteiger partial charge in [-0.2, -0.15) is 10.2 Å². The Bertz CT molecular complexity index is 2230. The topological polar surface area (TPSA) is 112 Å². The number of nitrogens with zero attached hydrogens (tertiary/aromatic N) is 7. The number of fused-ring (bicyclic) bond motifs is 1. The quantitative estimate of drug-likeness (QED) is 0.150. The van der Waals surface area contributed by atoms with Crippen molar-refractivity contribution in [3.8, 4) is 28.4 Å². The predicted molar refractivity (Wildman–Crippen MR) is 193 cm³/mol. The van der Waals surface area contributed by atoms with E-state index in [9.17, 15) is 4.79 Å². The second-order valence-corrected chi connectivity index (χ2v) is 12.1. The van der Waals surface area contributed by atoms with Gasteiger partial charge in [0.25, 0.3) is 5.91 Å². The van der Waals surface area contributed by atoms with Gasteiger partial charge in [0.2, 0.25) is 0 Å². The smallest absolute Gasteiger partial charge is 0.255 e. The molecule has 0 bridgehead atoms. The van der Waals surface area contributed by atoms with Gasteiger partial charge >= 0.3 is 0 Å². The number of carbonyl (C=O) groups is 1. The molecule has 7 rings (SSSR count). The van der Waals surface area contributed by atoms with Crippen molar-refractivity contribution in [1.82, 2.24) is 29.4 Å². The van der Waals surface area contributed by atoms with Gasteiger partial charge < -0.3 is 19.7 Å². The summed E-state index contributed by atoms with van der Waals surface area (Å²) >= 11 is 6.09. The van der Waals surface area contributed by atoms with Crippen molar-refractivity contribution in [2.24, 2.45) is 0 Å². The minimum absolute atomic E-state index is 0.252. The van der Waals surface area contributed by atoms with Crippen molar-refractivity contribution < 1.29 is 14.3 Å². The molecule has 0 saturated carbocycles. The Morgan fingerprint density at radius 1 is 0.840 bits per heavy atom. The first-order valence-corrected chi connectivity index (χ1v) is 16.2. The number of amides is 1. The lowest BCUT2D eigenvalue weighted by Gasteiger charge is -2.24. The van der Waals surface area contributed by atoms with Gasteiger partial charge in [-0.1, -0.05) is 48.0 Å². The first-order chi connectivity index (χ1) is 24.4. The zero-order chi connectivity index (χ0) is 34.6. The van der Waals surface area contributed by atoms with Crippen molar-refractivity contribution >= 4 is 34.7 Å². The van der Waals surface area contributed by atoms with Crippen LogP contribution in [0, 0.1) is 6.92 Å². The van der Waals surface area contributed by atoms with Gasteiger partial charge in [-0.3, -0.25) is 4.79 Å². The molecule has 0 fully saturated rings. The number of nitrogens with one attached hydrogen (secondary N) is 1. The number of hydrogen-bond acceptors (Lipinski definition) is 8. The minimum atomic E-state index is -0.252. The van der Waals surface area contributed by atoms with Crippen molar-refractivity contribution in [2.75, 3.05) is 24.4 Å². The number of carbonyl (C=O) groups excluding carboxylic acids is 1. The van der Waals surface area contributed by atoms with Crippen LogP contribution in [0.3, 0.4) is 0 Å². The van der Waals surface area contributed by atoms with Gasteiger partial charge in [0, 0.05) is 41.1 Å². The van der Waals surface area contributed by atoms with Crippen molar-refractivity contribution in [3.05, 3.63) is 143 Å². The number of aryl methyl sites for hydroxylation is 1. The van der Waals surface area contributed by atoms with Crippen molar-refractivity contribution in [3.63, 3.8) is 0 Å². The zero-order valence-corrected chi connectivity index (χ0v) is 28.4. The Hall–Kier alpha value is -6.20. The van der Waals surface area contributed by atoms with E-state index < -0.39 is 0 Å². The van der Waals surface area contributed by atoms with E-state index in [4.69, 9.17) is 31.0 Å². The van der Waals surface area contributed by atoms with Gasteiger partial charge in [-0.15, -0.1) is 0 Å². The van der Waals surface area contributed by atoms with Gasteiger partial charge in [-0.05, 0) is 78.2 Å². The maximum Gasteiger partial charge on any atom is 0.255 e. The number of anilines is 2. The molecule has 4 aromatic carbocycles. The highest BCUT2D eigenvalue weighted by molar-refractivity contribution is 6.31. The molecule has 0 atom stereocenters. The SMILES string of the molecule is COc1ccc(CN(Cc2ccc(OC)cc2)c2ncnn3c(-c4cnn(-c5cc(NC(=O)c6cccc(Cl)c6)ccc5C)c4)cnc23)cc1. The summed E-state index contributed by atoms with van der Waals surface area (Å²) in [7, 11) is 3.31. The summed E-state index contributed by atoms with van der Waals surface area (Å²) < 4.78 is 14.3. The van der Waals surface area contributed by atoms with E-state index in [1.807, 2.05) is 79.9 Å². The summed E-state index contributed by atoms with van der Waals surface area (Å²) in [5, 5.41) is 12.7. The molecule has 0 radical (unpaired) electrons. The standard InChI is InChI=1S/C38H33ClN8O3/c1-25-7-12-31(44-38(48)28-5-4-6-30(39)17-28)18-34(25)46-23-29(19-42-46)35-20-40-37-36(41-24-43-47(35)37)45(21-26-8-13-32(49-2)14-9-26)22-27-10-15-33(50-3)16-11-27/h4-20,23-24H,21-22H2,1-3H3,(H,44,48). The number of ether oxygens (including phenoxy) is 2. The van der Waals surface area contributed by atoms with Gasteiger partial charge in [-0.25, -0.2) is 19.2 Å². The summed E-state index contributed by atoms with van der Waals surface area (Å²) in [4.78, 5) is 24.6. The monoisotopic (exact) mass is 684 g/mol. The van der Waals surface area contributed by atoms with Crippen molar-refractivity contribution in [2.45, 2.75) is 20.0 Å². The average molecular weight is 685 g/mol. The lowest BCUT2D eigenvalue weighted by atomic mass is 10.1. The molecule has 50 heavy (non-hydrogen) atoms. The molecule has 0 unspecified atom stereocenters. The van der Waals surface area contributed by atoms with E-state index >= 15 is 0 Å². The summed E-state index contributed by atoms with van der Waals surface area (Å²) in [6, 6.07) is 28.5. The van der Waals surface area contributed by atoms with Gasteiger partial charge in [0.15, 0.2) is 11.5 Å². The Labute approximate surface area is 293 Å². The van der Waals surface area contributed by atoms with Gasteiger partial charge in [0.1, 0.15) is 17.8 Å². The third-order valence-corrected chi connectivity index (χ3v) is 8.56. The predicted octanol–water partition coefficient (Wildman–Crippen LogP) is 7.42. The second kappa shape index (κ2) is 14.1. The van der Waals surface area contributed by atoms with Crippen LogP contribution >= 0.6 is 11.6 Å². The van der Waals surface area contributed by atoms with E-state index in [2.05, 4.69) is 20.4 Å². The average Bonchev–Trinajstić information content (AvgIpc) is 3.80.